The van der Waals surface area contributed by atoms with Crippen LogP contribution in [0.1, 0.15) is 26.2 Å². The second-order valence-electron chi connectivity index (χ2n) is 6.38. The molecule has 0 heterocycles. The van der Waals surface area contributed by atoms with E-state index in [0.29, 0.717) is 25.0 Å². The minimum absolute atomic E-state index is 0.0228. The topological polar surface area (TPSA) is 87.0 Å². The molecule has 5 nitrogen and oxygen atoms in total. The average molecular weight is 402 g/mol. The van der Waals surface area contributed by atoms with Gasteiger partial charge in [0, 0.05) is 6.42 Å². The lowest BCUT2D eigenvalue weighted by Gasteiger charge is -2.13. The summed E-state index contributed by atoms with van der Waals surface area (Å²) in [6.45, 7) is 1.52. The molecule has 0 aliphatic rings. The van der Waals surface area contributed by atoms with Gasteiger partial charge in [0.15, 0.2) is 0 Å². The number of rotatable bonds is 11. The molecule has 0 spiro atoms. The zero-order chi connectivity index (χ0) is 21.5. The molecule has 0 saturated carbocycles. The fraction of sp³-hybridized carbons (Fsp3) is 0.348. The predicted molar refractivity (Wildman–Crippen MR) is 110 cm³/mol. The fourth-order valence-corrected chi connectivity index (χ4v) is 2.16. The summed E-state index contributed by atoms with van der Waals surface area (Å²) < 4.78 is 18.1. The maximum absolute atomic E-state index is 12.8. The smallest absolute Gasteiger partial charge is 0.129 e. The lowest BCUT2D eigenvalue weighted by Crippen LogP contribution is -2.23. The minimum Gasteiger partial charge on any atom is -0.491 e. The lowest BCUT2D eigenvalue weighted by atomic mass is 10.1. The fourth-order valence-electron chi connectivity index (χ4n) is 2.16. The number of allylic oxidation sites excluding steroid dienone is 4. The Morgan fingerprint density at radius 3 is 2.48 bits per heavy atom. The number of ether oxygens (including phenoxy) is 1. The normalized spacial score (nSPS) is 14.7. The largest absolute Gasteiger partial charge is 0.491 e. The van der Waals surface area contributed by atoms with Crippen molar-refractivity contribution in [1.29, 1.82) is 0 Å². The molecule has 3 N–H and O–H groups in total. The summed E-state index contributed by atoms with van der Waals surface area (Å²) >= 11 is 0. The molecule has 29 heavy (non-hydrogen) atoms. The molecule has 0 saturated heterocycles. The number of benzene rings is 1. The standard InChI is InChI=1S/C23H27FO5/c1-18(25)9-8-12-23(28)22(27)11-7-5-3-2-4-6-10-20(26)17-29-21-15-13-19(24)14-16-21/h3,5-7,10-11,13-16,20,22-23,26-28H,8-9,12,17H2,1H3/b5-3+,10-6+,11-7+/t20-,22+,23-/m0/s1. The molecule has 1 rings (SSSR count). The first kappa shape index (κ1) is 24.3. The van der Waals surface area contributed by atoms with E-state index in [2.05, 4.69) is 11.8 Å². The van der Waals surface area contributed by atoms with E-state index in [-0.39, 0.29) is 18.2 Å². The Kier molecular flexibility index (Phi) is 12.0. The van der Waals surface area contributed by atoms with E-state index < -0.39 is 18.3 Å². The number of ketones is 1. The number of hydrogen-bond donors (Lipinski definition) is 3. The predicted octanol–water partition coefficient (Wildman–Crippen LogP) is 2.72. The van der Waals surface area contributed by atoms with Crippen molar-refractivity contribution >= 4 is 5.78 Å². The molecule has 0 bridgehead atoms. The Morgan fingerprint density at radius 2 is 1.79 bits per heavy atom. The number of Topliss-reactive ketones (excluding diaryl/α,β-unsaturated/α-hetero) is 1. The van der Waals surface area contributed by atoms with Crippen LogP contribution in [-0.4, -0.2) is 46.0 Å². The SMILES string of the molecule is CC(=O)CCC[C@H](O)[C@H](O)/C=C/C=C/C#C/C=C/[C@H](O)COc1ccc(F)cc1. The second-order valence-corrected chi connectivity index (χ2v) is 6.38. The van der Waals surface area contributed by atoms with Crippen LogP contribution in [-0.2, 0) is 4.79 Å². The Labute approximate surface area is 170 Å². The van der Waals surface area contributed by atoms with Gasteiger partial charge < -0.3 is 24.9 Å². The first-order chi connectivity index (χ1) is 13.9. The van der Waals surface area contributed by atoms with Crippen molar-refractivity contribution in [1.82, 2.24) is 0 Å². The van der Waals surface area contributed by atoms with Gasteiger partial charge in [0.05, 0.1) is 12.2 Å². The monoisotopic (exact) mass is 402 g/mol. The van der Waals surface area contributed by atoms with E-state index >= 15 is 0 Å². The van der Waals surface area contributed by atoms with Crippen LogP contribution in [0.3, 0.4) is 0 Å². The number of aliphatic hydroxyl groups excluding tert-OH is 3. The van der Waals surface area contributed by atoms with Gasteiger partial charge in [-0.15, -0.1) is 0 Å². The quantitative estimate of drug-likeness (QED) is 0.391. The molecule has 0 unspecified atom stereocenters. The summed E-state index contributed by atoms with van der Waals surface area (Å²) in [6, 6.07) is 5.51. The molecule has 6 heteroatoms. The molecule has 3 atom stereocenters. The van der Waals surface area contributed by atoms with Crippen molar-refractivity contribution in [2.45, 2.75) is 44.5 Å². The number of halogens is 1. The van der Waals surface area contributed by atoms with Crippen molar-refractivity contribution in [2.24, 2.45) is 0 Å². The van der Waals surface area contributed by atoms with Crippen molar-refractivity contribution < 1.29 is 29.2 Å². The first-order valence-corrected chi connectivity index (χ1v) is 9.31. The molecule has 0 aliphatic carbocycles. The van der Waals surface area contributed by atoms with Crippen LogP contribution in [0.2, 0.25) is 0 Å². The maximum Gasteiger partial charge on any atom is 0.129 e. The maximum atomic E-state index is 12.8. The van der Waals surface area contributed by atoms with Gasteiger partial charge in [-0.05, 0) is 62.3 Å². The zero-order valence-electron chi connectivity index (χ0n) is 16.4. The van der Waals surface area contributed by atoms with Gasteiger partial charge >= 0.3 is 0 Å². The van der Waals surface area contributed by atoms with E-state index in [1.165, 1.54) is 49.4 Å². The summed E-state index contributed by atoms with van der Waals surface area (Å²) in [4.78, 5) is 10.8. The summed E-state index contributed by atoms with van der Waals surface area (Å²) in [6.07, 6.45) is 7.66. The van der Waals surface area contributed by atoms with Gasteiger partial charge in [-0.2, -0.15) is 0 Å². The number of carbonyl (C=O) groups excluding carboxylic acids is 1. The Morgan fingerprint density at radius 1 is 1.10 bits per heavy atom. The highest BCUT2D eigenvalue weighted by Gasteiger charge is 2.12. The van der Waals surface area contributed by atoms with Gasteiger partial charge in [-0.1, -0.05) is 30.1 Å². The van der Waals surface area contributed by atoms with Crippen LogP contribution in [0, 0.1) is 17.7 Å². The zero-order valence-corrected chi connectivity index (χ0v) is 16.4. The van der Waals surface area contributed by atoms with E-state index in [9.17, 15) is 24.5 Å². The molecule has 1 aromatic carbocycles. The van der Waals surface area contributed by atoms with E-state index in [4.69, 9.17) is 4.74 Å². The molecular weight excluding hydrogens is 375 g/mol. The molecule has 0 radical (unpaired) electrons. The third-order valence-corrected chi connectivity index (χ3v) is 3.74. The van der Waals surface area contributed by atoms with Gasteiger partial charge in [-0.3, -0.25) is 0 Å². The summed E-state index contributed by atoms with van der Waals surface area (Å²) in [5, 5.41) is 29.3. The molecule has 0 amide bonds. The Hall–Kier alpha value is -2.72. The summed E-state index contributed by atoms with van der Waals surface area (Å²) in [5.41, 5.74) is 0. The second kappa shape index (κ2) is 14.3. The highest BCUT2D eigenvalue weighted by molar-refractivity contribution is 5.75. The van der Waals surface area contributed by atoms with Crippen molar-refractivity contribution in [3.05, 3.63) is 66.5 Å². The van der Waals surface area contributed by atoms with Crippen LogP contribution < -0.4 is 4.74 Å². The number of hydrogen-bond acceptors (Lipinski definition) is 5. The highest BCUT2D eigenvalue weighted by atomic mass is 19.1. The third kappa shape index (κ3) is 12.4. The third-order valence-electron chi connectivity index (χ3n) is 3.74. The lowest BCUT2D eigenvalue weighted by molar-refractivity contribution is -0.117. The number of carbonyl (C=O) groups is 1. The Balaban J connectivity index is 2.27. The van der Waals surface area contributed by atoms with Crippen LogP contribution in [0.25, 0.3) is 0 Å². The molecule has 0 fully saturated rings. The minimum atomic E-state index is -1.00. The Bertz CT molecular complexity index is 756. The molecular formula is C23H27FO5. The van der Waals surface area contributed by atoms with E-state index in [1.807, 2.05) is 0 Å². The highest BCUT2D eigenvalue weighted by Crippen LogP contribution is 2.11. The van der Waals surface area contributed by atoms with Crippen LogP contribution in [0.4, 0.5) is 4.39 Å². The summed E-state index contributed by atoms with van der Waals surface area (Å²) in [5.74, 6) is 5.61. The summed E-state index contributed by atoms with van der Waals surface area (Å²) in [7, 11) is 0. The van der Waals surface area contributed by atoms with E-state index in [1.54, 1.807) is 18.2 Å². The average Bonchev–Trinajstić information content (AvgIpc) is 2.69. The van der Waals surface area contributed by atoms with Crippen molar-refractivity contribution in [3.63, 3.8) is 0 Å². The van der Waals surface area contributed by atoms with Crippen molar-refractivity contribution in [3.8, 4) is 17.6 Å². The van der Waals surface area contributed by atoms with Gasteiger partial charge in [0.25, 0.3) is 0 Å². The molecule has 0 aromatic heterocycles. The number of aliphatic hydroxyl groups is 3. The van der Waals surface area contributed by atoms with Crippen molar-refractivity contribution in [2.75, 3.05) is 6.61 Å². The first-order valence-electron chi connectivity index (χ1n) is 9.31. The molecule has 1 aromatic rings. The molecule has 0 aliphatic heterocycles. The van der Waals surface area contributed by atoms with Crippen LogP contribution in [0.15, 0.2) is 60.7 Å². The van der Waals surface area contributed by atoms with E-state index in [0.717, 1.165) is 0 Å². The van der Waals surface area contributed by atoms with Crippen LogP contribution >= 0.6 is 0 Å². The van der Waals surface area contributed by atoms with Gasteiger partial charge in [0.1, 0.15) is 30.1 Å². The molecule has 156 valence electrons. The van der Waals surface area contributed by atoms with Gasteiger partial charge in [0.2, 0.25) is 0 Å². The van der Waals surface area contributed by atoms with Gasteiger partial charge in [-0.25, -0.2) is 4.39 Å². The van der Waals surface area contributed by atoms with Crippen LogP contribution in [0.5, 0.6) is 5.75 Å².